The number of amides is 3. The molecule has 4 rings (SSSR count). The number of hydrogen-bond acceptors (Lipinski definition) is 4. The van der Waals surface area contributed by atoms with Crippen molar-refractivity contribution in [1.82, 2.24) is 30.3 Å². The van der Waals surface area contributed by atoms with Gasteiger partial charge in [0.25, 0.3) is 11.8 Å². The smallest absolute Gasteiger partial charge is 0.272 e. The van der Waals surface area contributed by atoms with Gasteiger partial charge < -0.3 is 20.5 Å². The van der Waals surface area contributed by atoms with Crippen molar-refractivity contribution in [1.29, 1.82) is 0 Å². The highest BCUT2D eigenvalue weighted by Crippen LogP contribution is 2.26. The van der Waals surface area contributed by atoms with Crippen LogP contribution >= 0.6 is 0 Å². The fourth-order valence-electron chi connectivity index (χ4n) is 4.24. The molecule has 3 aromatic rings. The number of rotatable bonds is 8. The van der Waals surface area contributed by atoms with E-state index in [1.807, 2.05) is 30.5 Å². The van der Waals surface area contributed by atoms with Crippen LogP contribution in [0.1, 0.15) is 53.7 Å². The first-order chi connectivity index (χ1) is 16.2. The Bertz CT molecular complexity index is 1230. The zero-order chi connectivity index (χ0) is 24.5. The van der Waals surface area contributed by atoms with Crippen molar-refractivity contribution in [3.05, 3.63) is 53.5 Å². The number of H-pyrrole nitrogens is 1. The van der Waals surface area contributed by atoms with E-state index in [1.54, 1.807) is 14.0 Å². The molecule has 3 heterocycles. The normalized spacial score (nSPS) is 17.8. The predicted molar refractivity (Wildman–Crippen MR) is 130 cm³/mol. The van der Waals surface area contributed by atoms with Crippen LogP contribution in [0.15, 0.2) is 36.5 Å². The zero-order valence-corrected chi connectivity index (χ0v) is 20.1. The molecule has 0 fully saturated rings. The highest BCUT2D eigenvalue weighted by atomic mass is 16.2. The van der Waals surface area contributed by atoms with Crippen molar-refractivity contribution in [3.63, 3.8) is 0 Å². The summed E-state index contributed by atoms with van der Waals surface area (Å²) in [6.07, 6.45) is 3.47. The molecule has 3 N–H and O–H groups in total. The number of fused-ring (bicyclic) bond motifs is 2. The predicted octanol–water partition coefficient (Wildman–Crippen LogP) is 2.34. The average Bonchev–Trinajstić information content (AvgIpc) is 3.42. The third kappa shape index (κ3) is 4.42. The summed E-state index contributed by atoms with van der Waals surface area (Å²) in [6, 6.07) is 9.52. The molecule has 0 radical (unpaired) electrons. The fourth-order valence-corrected chi connectivity index (χ4v) is 4.24. The van der Waals surface area contributed by atoms with Crippen molar-refractivity contribution >= 4 is 28.6 Å². The van der Waals surface area contributed by atoms with Crippen LogP contribution in [0.25, 0.3) is 10.9 Å². The lowest BCUT2D eigenvalue weighted by atomic mass is 9.95. The van der Waals surface area contributed by atoms with Crippen LogP contribution < -0.4 is 10.6 Å². The summed E-state index contributed by atoms with van der Waals surface area (Å²) in [4.78, 5) is 43.3. The lowest BCUT2D eigenvalue weighted by Gasteiger charge is -2.40. The number of likely N-dealkylation sites (N-methyl/N-ethyl adjacent to an activating group) is 1. The molecule has 1 atom stereocenters. The van der Waals surface area contributed by atoms with Gasteiger partial charge in [0.15, 0.2) is 5.69 Å². The van der Waals surface area contributed by atoms with Gasteiger partial charge in [-0.25, -0.2) is 0 Å². The maximum atomic E-state index is 13.0. The first-order valence-electron chi connectivity index (χ1n) is 11.7. The second-order valence-electron chi connectivity index (χ2n) is 9.51. The minimum Gasteiger partial charge on any atom is -0.361 e. The number of nitrogens with zero attached hydrogens (tertiary/aromatic N) is 3. The van der Waals surface area contributed by atoms with Crippen LogP contribution in [0, 0.1) is 5.92 Å². The molecule has 180 valence electrons. The molecule has 3 amide bonds. The third-order valence-corrected chi connectivity index (χ3v) is 6.59. The lowest BCUT2D eigenvalue weighted by Crippen LogP contribution is -2.62. The zero-order valence-electron chi connectivity index (χ0n) is 20.1. The van der Waals surface area contributed by atoms with Gasteiger partial charge in [0.2, 0.25) is 5.91 Å². The van der Waals surface area contributed by atoms with Gasteiger partial charge in [-0.1, -0.05) is 32.0 Å². The quantitative estimate of drug-likeness (QED) is 0.475. The first kappa shape index (κ1) is 23.5. The number of aromatic nitrogens is 3. The van der Waals surface area contributed by atoms with Crippen LogP contribution in [0.2, 0.25) is 0 Å². The van der Waals surface area contributed by atoms with Crippen LogP contribution in [-0.2, 0) is 17.8 Å². The van der Waals surface area contributed by atoms with Crippen LogP contribution in [0.3, 0.4) is 0 Å². The first-order valence-corrected chi connectivity index (χ1v) is 11.7. The summed E-state index contributed by atoms with van der Waals surface area (Å²) in [7, 11) is 1.61. The molecule has 1 unspecified atom stereocenters. The molecule has 0 saturated heterocycles. The lowest BCUT2D eigenvalue weighted by molar-refractivity contribution is -0.132. The number of para-hydroxylation sites is 1. The topological polar surface area (TPSA) is 112 Å². The summed E-state index contributed by atoms with van der Waals surface area (Å²) in [5.41, 5.74) is 1.56. The van der Waals surface area contributed by atoms with Gasteiger partial charge >= 0.3 is 0 Å². The highest BCUT2D eigenvalue weighted by Gasteiger charge is 2.46. The molecule has 0 aliphatic carbocycles. The Morgan fingerprint density at radius 1 is 1.21 bits per heavy atom. The monoisotopic (exact) mass is 464 g/mol. The van der Waals surface area contributed by atoms with Gasteiger partial charge in [-0.3, -0.25) is 19.1 Å². The van der Waals surface area contributed by atoms with E-state index in [1.165, 1.54) is 15.6 Å². The second-order valence-corrected chi connectivity index (χ2v) is 9.51. The second kappa shape index (κ2) is 9.32. The number of carbonyl (C=O) groups excluding carboxylic acids is 3. The van der Waals surface area contributed by atoms with Crippen LogP contribution in [0.5, 0.6) is 0 Å². The fraction of sp³-hybridized carbons (Fsp3) is 0.440. The van der Waals surface area contributed by atoms with Gasteiger partial charge in [0, 0.05) is 43.3 Å². The van der Waals surface area contributed by atoms with Crippen LogP contribution in [-0.4, -0.2) is 63.1 Å². The molecular weight excluding hydrogens is 432 g/mol. The minimum absolute atomic E-state index is 0.167. The largest absolute Gasteiger partial charge is 0.361 e. The van der Waals surface area contributed by atoms with Crippen molar-refractivity contribution in [2.75, 3.05) is 20.1 Å². The van der Waals surface area contributed by atoms with Gasteiger partial charge in [-0.05, 0) is 37.3 Å². The van der Waals surface area contributed by atoms with Crippen molar-refractivity contribution in [2.24, 2.45) is 5.92 Å². The standard InChI is InChI=1S/C25H32N6O3/c1-16(2)9-11-27-24(34)25(3)15-31-21(23(33)30(25)4)13-20(29-31)22(32)26-12-10-17-14-28-19-8-6-5-7-18(17)19/h5-8,13-14,16,28H,9-12,15H2,1-4H3,(H,26,32)(H,27,34). The Balaban J connectivity index is 1.42. The van der Waals surface area contributed by atoms with E-state index in [9.17, 15) is 14.4 Å². The molecule has 0 saturated carbocycles. The van der Waals surface area contributed by atoms with E-state index in [-0.39, 0.29) is 30.0 Å². The number of carbonyl (C=O) groups is 3. The number of hydrogen-bond donors (Lipinski definition) is 3. The molecule has 9 heteroatoms. The maximum absolute atomic E-state index is 13.0. The summed E-state index contributed by atoms with van der Waals surface area (Å²) in [5, 5.41) is 11.3. The molecular formula is C25H32N6O3. The van der Waals surface area contributed by atoms with Gasteiger partial charge in [0.05, 0.1) is 6.54 Å². The maximum Gasteiger partial charge on any atom is 0.272 e. The minimum atomic E-state index is -1.09. The van der Waals surface area contributed by atoms with E-state index in [4.69, 9.17) is 0 Å². The Labute approximate surface area is 198 Å². The Kier molecular flexibility index (Phi) is 6.45. The summed E-state index contributed by atoms with van der Waals surface area (Å²) >= 11 is 0. The van der Waals surface area contributed by atoms with E-state index in [0.717, 1.165) is 22.9 Å². The summed E-state index contributed by atoms with van der Waals surface area (Å²) in [5.74, 6) is -0.443. The van der Waals surface area contributed by atoms with Crippen molar-refractivity contribution in [2.45, 2.75) is 45.7 Å². The molecule has 0 spiro atoms. The van der Waals surface area contributed by atoms with Crippen molar-refractivity contribution < 1.29 is 14.4 Å². The molecule has 2 aromatic heterocycles. The summed E-state index contributed by atoms with van der Waals surface area (Å²) in [6.45, 7) is 7.07. The van der Waals surface area contributed by atoms with Gasteiger partial charge in [0.1, 0.15) is 11.2 Å². The number of nitrogens with one attached hydrogen (secondary N) is 3. The molecule has 1 aliphatic heterocycles. The average molecular weight is 465 g/mol. The molecule has 1 aliphatic rings. The Morgan fingerprint density at radius 2 is 1.97 bits per heavy atom. The Morgan fingerprint density at radius 3 is 2.74 bits per heavy atom. The van der Waals surface area contributed by atoms with Crippen LogP contribution in [0.4, 0.5) is 0 Å². The number of benzene rings is 1. The third-order valence-electron chi connectivity index (χ3n) is 6.59. The van der Waals surface area contributed by atoms with E-state index in [0.29, 0.717) is 31.1 Å². The number of aromatic amines is 1. The Hall–Kier alpha value is -3.62. The van der Waals surface area contributed by atoms with E-state index >= 15 is 0 Å². The molecule has 1 aromatic carbocycles. The molecule has 0 bridgehead atoms. The van der Waals surface area contributed by atoms with E-state index < -0.39 is 5.54 Å². The molecule has 9 nitrogen and oxygen atoms in total. The SMILES string of the molecule is CC(C)CCNC(=O)C1(C)Cn2nc(C(=O)NCCc3c[nH]c4ccccc34)cc2C(=O)N1C. The molecule has 34 heavy (non-hydrogen) atoms. The van der Waals surface area contributed by atoms with E-state index in [2.05, 4.69) is 34.6 Å². The van der Waals surface area contributed by atoms with Gasteiger partial charge in [-0.2, -0.15) is 5.10 Å². The van der Waals surface area contributed by atoms with Crippen molar-refractivity contribution in [3.8, 4) is 0 Å². The van der Waals surface area contributed by atoms with Gasteiger partial charge in [-0.15, -0.1) is 0 Å². The highest BCUT2D eigenvalue weighted by molar-refractivity contribution is 6.01. The summed E-state index contributed by atoms with van der Waals surface area (Å²) < 4.78 is 1.47.